The van der Waals surface area contributed by atoms with Crippen LogP contribution in [0.15, 0.2) is 21.3 Å². The highest BCUT2D eigenvalue weighted by atomic mass is 127. The fraction of sp³-hybridized carbons (Fsp3) is 0.545. The largest absolute Gasteiger partial charge is 0.370 e. The quantitative estimate of drug-likeness (QED) is 0.290. The van der Waals surface area contributed by atoms with Gasteiger partial charge < -0.3 is 10.6 Å². The Morgan fingerprint density at radius 2 is 2.24 bits per heavy atom. The summed E-state index contributed by atoms with van der Waals surface area (Å²) in [6.07, 6.45) is 2.27. The highest BCUT2D eigenvalue weighted by molar-refractivity contribution is 14.0. The Kier molecular flexibility index (Phi) is 7.17. The Bertz CT molecular complexity index is 601. The van der Waals surface area contributed by atoms with E-state index in [0.29, 0.717) is 22.9 Å². The van der Waals surface area contributed by atoms with E-state index in [0.717, 1.165) is 24.2 Å². The Labute approximate surface area is 150 Å². The van der Waals surface area contributed by atoms with Crippen LogP contribution in [0.1, 0.15) is 12.8 Å². The zero-order valence-electron chi connectivity index (χ0n) is 11.5. The van der Waals surface area contributed by atoms with Gasteiger partial charge in [0.1, 0.15) is 4.21 Å². The van der Waals surface area contributed by atoms with E-state index >= 15 is 0 Å². The SMILES string of the molecule is CN(C(N)=NCCNS(=O)(=O)c1ccc(Cl)s1)C1CC1.I. The molecular weight excluding hydrogens is 447 g/mol. The number of thiophene rings is 1. The van der Waals surface area contributed by atoms with Crippen molar-refractivity contribution in [2.24, 2.45) is 10.7 Å². The summed E-state index contributed by atoms with van der Waals surface area (Å²) in [4.78, 5) is 6.08. The summed E-state index contributed by atoms with van der Waals surface area (Å²) in [5.41, 5.74) is 5.81. The van der Waals surface area contributed by atoms with Gasteiger partial charge in [0.25, 0.3) is 0 Å². The van der Waals surface area contributed by atoms with Crippen LogP contribution >= 0.6 is 46.9 Å². The van der Waals surface area contributed by atoms with E-state index in [9.17, 15) is 8.42 Å². The molecule has 120 valence electrons. The van der Waals surface area contributed by atoms with Crippen molar-refractivity contribution in [2.45, 2.75) is 23.1 Å². The van der Waals surface area contributed by atoms with Crippen molar-refractivity contribution in [1.82, 2.24) is 9.62 Å². The minimum atomic E-state index is -3.50. The molecule has 0 unspecified atom stereocenters. The van der Waals surface area contributed by atoms with Crippen LogP contribution in [0.25, 0.3) is 0 Å². The molecule has 1 heterocycles. The molecule has 1 saturated carbocycles. The van der Waals surface area contributed by atoms with Gasteiger partial charge in [-0.1, -0.05) is 11.6 Å². The van der Waals surface area contributed by atoms with Crippen LogP contribution in [0.3, 0.4) is 0 Å². The number of hydrogen-bond acceptors (Lipinski definition) is 4. The standard InChI is InChI=1S/C11H17ClN4O2S2.HI/c1-16(8-2-3-8)11(13)14-6-7-15-20(17,18)10-5-4-9(12)19-10;/h4-5,8,15H,2-3,6-7H2,1H3,(H2,13,14);1H. The molecule has 1 fully saturated rings. The van der Waals surface area contributed by atoms with Gasteiger partial charge in [-0.2, -0.15) is 0 Å². The average molecular weight is 465 g/mol. The van der Waals surface area contributed by atoms with Gasteiger partial charge in [0.2, 0.25) is 10.0 Å². The summed E-state index contributed by atoms with van der Waals surface area (Å²) in [5.74, 6) is 0.450. The minimum Gasteiger partial charge on any atom is -0.370 e. The van der Waals surface area contributed by atoms with Gasteiger partial charge in [0, 0.05) is 19.6 Å². The monoisotopic (exact) mass is 464 g/mol. The van der Waals surface area contributed by atoms with E-state index in [1.807, 2.05) is 11.9 Å². The van der Waals surface area contributed by atoms with E-state index in [2.05, 4.69) is 9.71 Å². The number of nitrogens with zero attached hydrogens (tertiary/aromatic N) is 2. The third-order valence-corrected chi connectivity index (χ3v) is 6.13. The number of hydrogen-bond donors (Lipinski definition) is 2. The molecule has 0 bridgehead atoms. The van der Waals surface area contributed by atoms with E-state index in [4.69, 9.17) is 17.3 Å². The molecule has 0 atom stereocenters. The predicted molar refractivity (Wildman–Crippen MR) is 97.2 cm³/mol. The Hall–Kier alpha value is -0.1000. The summed E-state index contributed by atoms with van der Waals surface area (Å²) in [6, 6.07) is 3.53. The van der Waals surface area contributed by atoms with Gasteiger partial charge in [-0.3, -0.25) is 4.99 Å². The van der Waals surface area contributed by atoms with Crippen molar-refractivity contribution < 1.29 is 8.42 Å². The molecule has 1 aromatic rings. The smallest absolute Gasteiger partial charge is 0.250 e. The zero-order chi connectivity index (χ0) is 14.8. The molecule has 3 N–H and O–H groups in total. The highest BCUT2D eigenvalue weighted by Gasteiger charge is 2.27. The lowest BCUT2D eigenvalue weighted by molar-refractivity contribution is 0.487. The van der Waals surface area contributed by atoms with Crippen molar-refractivity contribution >= 4 is 62.9 Å². The summed E-state index contributed by atoms with van der Waals surface area (Å²) >= 11 is 6.74. The van der Waals surface area contributed by atoms with Gasteiger partial charge in [-0.05, 0) is 25.0 Å². The maximum Gasteiger partial charge on any atom is 0.250 e. The maximum atomic E-state index is 11.9. The molecule has 0 radical (unpaired) electrons. The van der Waals surface area contributed by atoms with Crippen LogP contribution in [-0.2, 0) is 10.0 Å². The number of nitrogens with two attached hydrogens (primary N) is 1. The van der Waals surface area contributed by atoms with Gasteiger partial charge in [0.05, 0.1) is 10.9 Å². The Morgan fingerprint density at radius 1 is 1.57 bits per heavy atom. The molecule has 0 amide bonds. The molecule has 0 saturated heterocycles. The topological polar surface area (TPSA) is 87.8 Å². The van der Waals surface area contributed by atoms with Crippen LogP contribution in [0.5, 0.6) is 0 Å². The highest BCUT2D eigenvalue weighted by Crippen LogP contribution is 2.25. The van der Waals surface area contributed by atoms with E-state index in [1.165, 1.54) is 6.07 Å². The predicted octanol–water partition coefficient (Wildman–Crippen LogP) is 1.71. The average Bonchev–Trinajstić information content (AvgIpc) is 3.15. The van der Waals surface area contributed by atoms with Crippen LogP contribution in [0.2, 0.25) is 4.34 Å². The molecule has 10 heteroatoms. The second kappa shape index (κ2) is 7.95. The van der Waals surface area contributed by atoms with E-state index in [1.54, 1.807) is 6.07 Å². The van der Waals surface area contributed by atoms with Gasteiger partial charge >= 0.3 is 0 Å². The Morgan fingerprint density at radius 3 is 2.76 bits per heavy atom. The molecule has 1 aliphatic rings. The number of sulfonamides is 1. The van der Waals surface area contributed by atoms with Crippen molar-refractivity contribution in [3.8, 4) is 0 Å². The molecule has 0 aromatic carbocycles. The number of nitrogens with one attached hydrogen (secondary N) is 1. The number of rotatable bonds is 6. The lowest BCUT2D eigenvalue weighted by Crippen LogP contribution is -2.36. The summed E-state index contributed by atoms with van der Waals surface area (Å²) in [6.45, 7) is 0.512. The lowest BCUT2D eigenvalue weighted by Gasteiger charge is -2.16. The zero-order valence-corrected chi connectivity index (χ0v) is 16.2. The third kappa shape index (κ3) is 5.55. The molecule has 0 spiro atoms. The first kappa shape index (κ1) is 18.9. The fourth-order valence-electron chi connectivity index (χ4n) is 1.62. The number of guanidine groups is 1. The van der Waals surface area contributed by atoms with Crippen molar-refractivity contribution in [2.75, 3.05) is 20.1 Å². The van der Waals surface area contributed by atoms with Gasteiger partial charge in [0.15, 0.2) is 5.96 Å². The van der Waals surface area contributed by atoms with Crippen molar-refractivity contribution in [3.63, 3.8) is 0 Å². The molecule has 21 heavy (non-hydrogen) atoms. The first-order valence-electron chi connectivity index (χ1n) is 6.18. The summed E-state index contributed by atoms with van der Waals surface area (Å²) in [7, 11) is -1.60. The Balaban J connectivity index is 0.00000220. The second-order valence-corrected chi connectivity index (χ2v) is 8.25. The molecule has 2 rings (SSSR count). The first-order chi connectivity index (χ1) is 9.40. The second-order valence-electron chi connectivity index (χ2n) is 4.54. The lowest BCUT2D eigenvalue weighted by atomic mass is 10.6. The molecule has 6 nitrogen and oxygen atoms in total. The molecule has 0 aliphatic heterocycles. The van der Waals surface area contributed by atoms with Crippen LogP contribution in [0, 0.1) is 0 Å². The van der Waals surface area contributed by atoms with Gasteiger partial charge in [-0.15, -0.1) is 35.3 Å². The normalized spacial score (nSPS) is 15.6. The van der Waals surface area contributed by atoms with Crippen molar-refractivity contribution in [1.29, 1.82) is 0 Å². The van der Waals surface area contributed by atoms with Crippen LogP contribution < -0.4 is 10.5 Å². The van der Waals surface area contributed by atoms with Crippen LogP contribution in [-0.4, -0.2) is 45.5 Å². The van der Waals surface area contributed by atoms with Gasteiger partial charge in [-0.25, -0.2) is 13.1 Å². The first-order valence-corrected chi connectivity index (χ1v) is 8.85. The molecule has 1 aromatic heterocycles. The molecule has 1 aliphatic carbocycles. The van der Waals surface area contributed by atoms with Crippen molar-refractivity contribution in [3.05, 3.63) is 16.5 Å². The van der Waals surface area contributed by atoms with E-state index in [-0.39, 0.29) is 34.7 Å². The summed E-state index contributed by atoms with van der Waals surface area (Å²) in [5, 5.41) is 0. The third-order valence-electron chi connectivity index (χ3n) is 2.95. The van der Waals surface area contributed by atoms with E-state index < -0.39 is 10.0 Å². The number of halogens is 2. The minimum absolute atomic E-state index is 0. The maximum absolute atomic E-state index is 11.9. The number of aliphatic imine (C=N–C) groups is 1. The fourth-order valence-corrected chi connectivity index (χ4v) is 4.17. The summed E-state index contributed by atoms with van der Waals surface area (Å²) < 4.78 is 26.9. The molecular formula is C11H18ClIN4O2S2. The van der Waals surface area contributed by atoms with Crippen LogP contribution in [0.4, 0.5) is 0 Å².